The molecule has 5 nitrogen and oxygen atoms in total. The molecule has 0 aromatic heterocycles. The first-order chi connectivity index (χ1) is 7.47. The second-order valence-corrected chi connectivity index (χ2v) is 3.40. The first-order valence-electron chi connectivity index (χ1n) is 4.60. The average Bonchev–Trinajstić information content (AvgIpc) is 2.26. The van der Waals surface area contributed by atoms with E-state index in [9.17, 15) is 9.59 Å². The minimum Gasteiger partial charge on any atom is -0.369 e. The van der Waals surface area contributed by atoms with Gasteiger partial charge in [-0.2, -0.15) is 5.26 Å². The van der Waals surface area contributed by atoms with Crippen molar-refractivity contribution in [3.63, 3.8) is 0 Å². The van der Waals surface area contributed by atoms with E-state index in [1.807, 2.05) is 6.07 Å². The Balaban J connectivity index is 3.35. The molecule has 16 heavy (non-hydrogen) atoms. The van der Waals surface area contributed by atoms with Crippen molar-refractivity contribution in [3.05, 3.63) is 34.9 Å². The molecular weight excluding hydrogens is 206 g/mol. The van der Waals surface area contributed by atoms with Crippen LogP contribution in [0.1, 0.15) is 34.3 Å². The highest BCUT2D eigenvalue weighted by molar-refractivity contribution is 5.97. The minimum absolute atomic E-state index is 0.158. The summed E-state index contributed by atoms with van der Waals surface area (Å²) in [5.74, 6) is -1.84. The van der Waals surface area contributed by atoms with Gasteiger partial charge >= 0.3 is 0 Å². The fourth-order valence-corrected chi connectivity index (χ4v) is 1.37. The van der Waals surface area contributed by atoms with E-state index < -0.39 is 17.7 Å². The van der Waals surface area contributed by atoms with E-state index in [0.29, 0.717) is 11.1 Å². The van der Waals surface area contributed by atoms with E-state index in [-0.39, 0.29) is 5.56 Å². The Labute approximate surface area is 92.7 Å². The molecule has 0 radical (unpaired) electrons. The largest absolute Gasteiger partial charge is 0.369 e. The predicted molar refractivity (Wildman–Crippen MR) is 57.3 cm³/mol. The maximum atomic E-state index is 11.2. The van der Waals surface area contributed by atoms with Gasteiger partial charge in [0.1, 0.15) is 0 Å². The Morgan fingerprint density at radius 2 is 2.00 bits per heavy atom. The van der Waals surface area contributed by atoms with E-state index in [4.69, 9.17) is 16.7 Å². The third kappa shape index (κ3) is 2.17. The number of nitrogens with zero attached hydrogens (tertiary/aromatic N) is 1. The van der Waals surface area contributed by atoms with Crippen LogP contribution >= 0.6 is 0 Å². The number of carbonyl (C=O) groups excluding carboxylic acids is 2. The molecule has 5 heteroatoms. The summed E-state index contributed by atoms with van der Waals surface area (Å²) in [7, 11) is 0. The highest BCUT2D eigenvalue weighted by Crippen LogP contribution is 2.20. The monoisotopic (exact) mass is 217 g/mol. The maximum absolute atomic E-state index is 11.2. The number of nitriles is 1. The van der Waals surface area contributed by atoms with Gasteiger partial charge in [-0.1, -0.05) is 6.07 Å². The van der Waals surface area contributed by atoms with Crippen molar-refractivity contribution in [2.24, 2.45) is 11.5 Å². The zero-order valence-electron chi connectivity index (χ0n) is 8.73. The molecule has 0 bridgehead atoms. The summed E-state index contributed by atoms with van der Waals surface area (Å²) in [4.78, 5) is 22.2. The van der Waals surface area contributed by atoms with Gasteiger partial charge in [-0.3, -0.25) is 9.59 Å². The normalized spacial score (nSPS) is 11.5. The lowest BCUT2D eigenvalue weighted by Crippen LogP contribution is -2.23. The molecule has 1 aromatic carbocycles. The minimum atomic E-state index is -0.680. The van der Waals surface area contributed by atoms with Crippen LogP contribution in [0.4, 0.5) is 0 Å². The van der Waals surface area contributed by atoms with E-state index in [2.05, 4.69) is 0 Å². The van der Waals surface area contributed by atoms with E-state index in [0.717, 1.165) is 0 Å². The first kappa shape index (κ1) is 11.7. The topological polar surface area (TPSA) is 110 Å². The number of hydrogen-bond acceptors (Lipinski definition) is 3. The van der Waals surface area contributed by atoms with Crippen LogP contribution in [0.3, 0.4) is 0 Å². The molecular formula is C11H11N3O2. The van der Waals surface area contributed by atoms with Gasteiger partial charge in [-0.25, -0.2) is 0 Å². The summed E-state index contributed by atoms with van der Waals surface area (Å²) in [6.45, 7) is 1.58. The number of carbonyl (C=O) groups is 2. The molecule has 0 saturated heterocycles. The average molecular weight is 217 g/mol. The van der Waals surface area contributed by atoms with E-state index in [1.165, 1.54) is 18.2 Å². The van der Waals surface area contributed by atoms with Crippen molar-refractivity contribution in [3.8, 4) is 6.07 Å². The molecule has 2 amide bonds. The van der Waals surface area contributed by atoms with Crippen molar-refractivity contribution in [2.45, 2.75) is 12.8 Å². The third-order valence-electron chi connectivity index (χ3n) is 2.34. The summed E-state index contributed by atoms with van der Waals surface area (Å²) >= 11 is 0. The lowest BCUT2D eigenvalue weighted by molar-refractivity contribution is -0.119. The smallest absolute Gasteiger partial charge is 0.249 e. The van der Waals surface area contributed by atoms with Gasteiger partial charge in [-0.15, -0.1) is 0 Å². The molecule has 4 N–H and O–H groups in total. The van der Waals surface area contributed by atoms with Gasteiger partial charge in [0, 0.05) is 5.56 Å². The van der Waals surface area contributed by atoms with Crippen molar-refractivity contribution < 1.29 is 9.59 Å². The molecule has 0 unspecified atom stereocenters. The van der Waals surface area contributed by atoms with Gasteiger partial charge in [0.2, 0.25) is 11.8 Å². The van der Waals surface area contributed by atoms with Crippen molar-refractivity contribution in [2.75, 3.05) is 0 Å². The molecule has 1 rings (SSSR count). The van der Waals surface area contributed by atoms with Gasteiger partial charge in [0.25, 0.3) is 0 Å². The van der Waals surface area contributed by atoms with E-state index >= 15 is 0 Å². The molecule has 82 valence electrons. The van der Waals surface area contributed by atoms with Crippen molar-refractivity contribution in [1.29, 1.82) is 5.26 Å². The molecule has 0 heterocycles. The third-order valence-corrected chi connectivity index (χ3v) is 2.34. The molecule has 0 aliphatic carbocycles. The van der Waals surface area contributed by atoms with Crippen LogP contribution in [0.25, 0.3) is 0 Å². The fraction of sp³-hybridized carbons (Fsp3) is 0.182. The molecule has 1 atom stereocenters. The van der Waals surface area contributed by atoms with Crippen LogP contribution < -0.4 is 11.5 Å². The van der Waals surface area contributed by atoms with Crippen LogP contribution in [0.2, 0.25) is 0 Å². The summed E-state index contributed by atoms with van der Waals surface area (Å²) < 4.78 is 0. The Bertz CT molecular complexity index is 488. The SMILES string of the molecule is C[C@H](C(N)=O)c1ccc(C#N)cc1C(N)=O. The van der Waals surface area contributed by atoms with Gasteiger partial charge < -0.3 is 11.5 Å². The highest BCUT2D eigenvalue weighted by atomic mass is 16.1. The number of hydrogen-bond donors (Lipinski definition) is 2. The molecule has 0 aliphatic heterocycles. The van der Waals surface area contributed by atoms with Gasteiger partial charge in [-0.05, 0) is 24.6 Å². The van der Waals surface area contributed by atoms with Crippen LogP contribution in [0.5, 0.6) is 0 Å². The summed E-state index contributed by atoms with van der Waals surface area (Å²) in [5, 5.41) is 8.69. The number of amides is 2. The molecule has 0 spiro atoms. The highest BCUT2D eigenvalue weighted by Gasteiger charge is 2.18. The number of rotatable bonds is 3. The second kappa shape index (κ2) is 4.45. The van der Waals surface area contributed by atoms with Gasteiger partial charge in [0.15, 0.2) is 0 Å². The van der Waals surface area contributed by atoms with E-state index in [1.54, 1.807) is 6.92 Å². The Kier molecular flexibility index (Phi) is 3.26. The van der Waals surface area contributed by atoms with Crippen molar-refractivity contribution in [1.82, 2.24) is 0 Å². The molecule has 1 aromatic rings. The second-order valence-electron chi connectivity index (χ2n) is 3.40. The lowest BCUT2D eigenvalue weighted by atomic mass is 9.93. The zero-order chi connectivity index (χ0) is 12.3. The van der Waals surface area contributed by atoms with Gasteiger partial charge in [0.05, 0.1) is 17.6 Å². The lowest BCUT2D eigenvalue weighted by Gasteiger charge is -2.11. The van der Waals surface area contributed by atoms with Crippen LogP contribution in [0.15, 0.2) is 18.2 Å². The number of primary amides is 2. The Morgan fingerprint density at radius 3 is 2.44 bits per heavy atom. The van der Waals surface area contributed by atoms with Crippen LogP contribution in [-0.2, 0) is 4.79 Å². The molecule has 0 saturated carbocycles. The Morgan fingerprint density at radius 1 is 1.38 bits per heavy atom. The fourth-order valence-electron chi connectivity index (χ4n) is 1.37. The molecule has 0 aliphatic rings. The number of benzene rings is 1. The maximum Gasteiger partial charge on any atom is 0.249 e. The summed E-state index contributed by atoms with van der Waals surface area (Å²) in [6.07, 6.45) is 0. The summed E-state index contributed by atoms with van der Waals surface area (Å²) in [6, 6.07) is 6.29. The molecule has 0 fully saturated rings. The predicted octanol–water partition coefficient (Wildman–Crippen LogP) is 0.246. The number of nitrogens with two attached hydrogens (primary N) is 2. The van der Waals surface area contributed by atoms with Crippen LogP contribution in [-0.4, -0.2) is 11.8 Å². The first-order valence-corrected chi connectivity index (χ1v) is 4.60. The standard InChI is InChI=1S/C11H11N3O2/c1-6(10(13)15)8-3-2-7(5-12)4-9(8)11(14)16/h2-4,6H,1H3,(H2,13,15)(H2,14,16)/t6-/m0/s1. The summed E-state index contributed by atoms with van der Waals surface area (Å²) in [5.41, 5.74) is 11.2. The Hall–Kier alpha value is -2.35. The van der Waals surface area contributed by atoms with Crippen molar-refractivity contribution >= 4 is 11.8 Å². The zero-order valence-corrected chi connectivity index (χ0v) is 8.73. The van der Waals surface area contributed by atoms with Crippen LogP contribution in [0, 0.1) is 11.3 Å². The quantitative estimate of drug-likeness (QED) is 0.756.